The van der Waals surface area contributed by atoms with Crippen LogP contribution >= 0.6 is 11.3 Å². The number of likely N-dealkylation sites (tertiary alicyclic amines) is 1. The van der Waals surface area contributed by atoms with Crippen LogP contribution in [0.25, 0.3) is 0 Å². The first-order chi connectivity index (χ1) is 13.0. The van der Waals surface area contributed by atoms with Crippen LogP contribution in [0.4, 0.5) is 0 Å². The first-order valence-corrected chi connectivity index (χ1v) is 12.2. The van der Waals surface area contributed by atoms with Gasteiger partial charge in [-0.2, -0.15) is 0 Å². The topological polar surface area (TPSA) is 54.5 Å². The van der Waals surface area contributed by atoms with Crippen molar-refractivity contribution in [3.8, 4) is 0 Å². The van der Waals surface area contributed by atoms with Gasteiger partial charge in [-0.25, -0.2) is 8.42 Å². The van der Waals surface area contributed by atoms with Gasteiger partial charge in [-0.1, -0.05) is 37.1 Å². The summed E-state index contributed by atoms with van der Waals surface area (Å²) >= 11 is 1.65. The molecule has 1 saturated carbocycles. The monoisotopic (exact) mass is 403 g/mol. The number of amides is 1. The average molecular weight is 404 g/mol. The number of carbonyl (C=O) groups excluding carboxylic acids is 1. The molecule has 1 aliphatic carbocycles. The maximum atomic E-state index is 13.6. The fourth-order valence-electron chi connectivity index (χ4n) is 4.62. The molecule has 1 aliphatic heterocycles. The normalized spacial score (nSPS) is 22.2. The highest BCUT2D eigenvalue weighted by atomic mass is 32.2. The zero-order chi connectivity index (χ0) is 18.9. The van der Waals surface area contributed by atoms with Crippen molar-refractivity contribution in [1.82, 2.24) is 4.90 Å². The van der Waals surface area contributed by atoms with E-state index in [0.717, 1.165) is 43.4 Å². The molecule has 1 aromatic heterocycles. The molecular formula is C21H25NO3S2. The fourth-order valence-corrected chi connectivity index (χ4v) is 7.22. The van der Waals surface area contributed by atoms with Gasteiger partial charge < -0.3 is 4.90 Å². The SMILES string of the molecule is O=C(N1CCCC1CS(=O)(=O)c1ccccc1)C1(c2cccs2)CCCC1. The summed E-state index contributed by atoms with van der Waals surface area (Å²) in [5.74, 6) is 0.164. The minimum Gasteiger partial charge on any atom is -0.338 e. The number of hydrogen-bond acceptors (Lipinski definition) is 4. The largest absolute Gasteiger partial charge is 0.338 e. The van der Waals surface area contributed by atoms with Crippen molar-refractivity contribution < 1.29 is 13.2 Å². The molecule has 27 heavy (non-hydrogen) atoms. The Kier molecular flexibility index (Phi) is 5.12. The van der Waals surface area contributed by atoms with Crippen molar-refractivity contribution in [3.63, 3.8) is 0 Å². The summed E-state index contributed by atoms with van der Waals surface area (Å²) in [4.78, 5) is 17.0. The minimum absolute atomic E-state index is 0.0171. The molecule has 0 bridgehead atoms. The third kappa shape index (κ3) is 3.45. The smallest absolute Gasteiger partial charge is 0.234 e. The second-order valence-corrected chi connectivity index (χ2v) is 10.6. The molecule has 4 nitrogen and oxygen atoms in total. The molecule has 2 aromatic rings. The lowest BCUT2D eigenvalue weighted by molar-refractivity contribution is -0.137. The predicted molar refractivity (Wildman–Crippen MR) is 108 cm³/mol. The van der Waals surface area contributed by atoms with Crippen molar-refractivity contribution in [1.29, 1.82) is 0 Å². The Balaban J connectivity index is 1.59. The first-order valence-electron chi connectivity index (χ1n) is 9.66. The molecular weight excluding hydrogens is 378 g/mol. The van der Waals surface area contributed by atoms with E-state index in [-0.39, 0.29) is 17.7 Å². The van der Waals surface area contributed by atoms with Crippen LogP contribution in [-0.4, -0.2) is 37.6 Å². The van der Waals surface area contributed by atoms with Gasteiger partial charge in [0.2, 0.25) is 5.91 Å². The van der Waals surface area contributed by atoms with Crippen LogP contribution in [-0.2, 0) is 20.0 Å². The van der Waals surface area contributed by atoms with Crippen LogP contribution in [0, 0.1) is 0 Å². The average Bonchev–Trinajstić information content (AvgIpc) is 3.43. The number of hydrogen-bond donors (Lipinski definition) is 0. The second-order valence-electron chi connectivity index (χ2n) is 7.66. The standard InChI is InChI=1S/C21H25NO3S2/c23-20(21(12-4-5-13-21)19-11-7-15-26-19)22-14-6-8-17(22)16-27(24,25)18-9-2-1-3-10-18/h1-3,7,9-11,15,17H,4-6,8,12-14,16H2. The van der Waals surface area contributed by atoms with E-state index in [4.69, 9.17) is 0 Å². The van der Waals surface area contributed by atoms with Crippen molar-refractivity contribution >= 4 is 27.1 Å². The summed E-state index contributed by atoms with van der Waals surface area (Å²) in [6.07, 6.45) is 5.51. The first kappa shape index (κ1) is 18.7. The van der Waals surface area contributed by atoms with Gasteiger partial charge in [-0.15, -0.1) is 11.3 Å². The summed E-state index contributed by atoms with van der Waals surface area (Å²) in [6, 6.07) is 12.4. The molecule has 0 spiro atoms. The molecule has 6 heteroatoms. The summed E-state index contributed by atoms with van der Waals surface area (Å²) < 4.78 is 25.7. The maximum absolute atomic E-state index is 13.6. The third-order valence-corrected chi connectivity index (χ3v) is 8.90. The van der Waals surface area contributed by atoms with Crippen molar-refractivity contribution in [3.05, 3.63) is 52.7 Å². The van der Waals surface area contributed by atoms with E-state index in [1.165, 1.54) is 0 Å². The lowest BCUT2D eigenvalue weighted by atomic mass is 9.82. The van der Waals surface area contributed by atoms with Gasteiger partial charge in [0.1, 0.15) is 0 Å². The van der Waals surface area contributed by atoms with E-state index in [1.54, 1.807) is 35.6 Å². The van der Waals surface area contributed by atoms with E-state index in [0.29, 0.717) is 11.4 Å². The summed E-state index contributed by atoms with van der Waals surface area (Å²) in [6.45, 7) is 0.668. The predicted octanol–water partition coefficient (Wildman–Crippen LogP) is 4.02. The molecule has 0 N–H and O–H groups in total. The highest BCUT2D eigenvalue weighted by Crippen LogP contribution is 2.45. The van der Waals surface area contributed by atoms with E-state index in [1.807, 2.05) is 22.4 Å². The summed E-state index contributed by atoms with van der Waals surface area (Å²) in [5.41, 5.74) is -0.437. The van der Waals surface area contributed by atoms with Crippen LogP contribution in [0.3, 0.4) is 0 Å². The number of thiophene rings is 1. The molecule has 144 valence electrons. The minimum atomic E-state index is -3.40. The zero-order valence-electron chi connectivity index (χ0n) is 15.3. The van der Waals surface area contributed by atoms with Crippen molar-refractivity contribution in [2.75, 3.05) is 12.3 Å². The quantitative estimate of drug-likeness (QED) is 0.757. The summed E-state index contributed by atoms with van der Waals surface area (Å²) in [7, 11) is -3.40. The molecule has 2 heterocycles. The van der Waals surface area contributed by atoms with Gasteiger partial charge in [0.25, 0.3) is 0 Å². The number of nitrogens with zero attached hydrogens (tertiary/aromatic N) is 1. The lowest BCUT2D eigenvalue weighted by Crippen LogP contribution is -2.49. The highest BCUT2D eigenvalue weighted by Gasteiger charge is 2.48. The van der Waals surface area contributed by atoms with Crippen molar-refractivity contribution in [2.24, 2.45) is 0 Å². The molecule has 0 radical (unpaired) electrons. The summed E-state index contributed by atoms with van der Waals surface area (Å²) in [5, 5.41) is 2.03. The van der Waals surface area contributed by atoms with E-state index in [9.17, 15) is 13.2 Å². The van der Waals surface area contributed by atoms with Gasteiger partial charge in [-0.05, 0) is 49.3 Å². The maximum Gasteiger partial charge on any atom is 0.234 e. The number of sulfone groups is 1. The van der Waals surface area contributed by atoms with E-state index >= 15 is 0 Å². The Morgan fingerprint density at radius 1 is 1.07 bits per heavy atom. The van der Waals surface area contributed by atoms with Gasteiger partial charge in [0.05, 0.1) is 16.1 Å². The second kappa shape index (κ2) is 7.40. The Hall–Kier alpha value is -1.66. The van der Waals surface area contributed by atoms with Crippen LogP contribution in [0.5, 0.6) is 0 Å². The molecule has 1 unspecified atom stereocenters. The highest BCUT2D eigenvalue weighted by molar-refractivity contribution is 7.91. The van der Waals surface area contributed by atoms with Crippen LogP contribution < -0.4 is 0 Å². The molecule has 1 amide bonds. The van der Waals surface area contributed by atoms with Crippen LogP contribution in [0.2, 0.25) is 0 Å². The molecule has 2 aliphatic rings. The molecule has 2 fully saturated rings. The van der Waals surface area contributed by atoms with Gasteiger partial charge >= 0.3 is 0 Å². The lowest BCUT2D eigenvalue weighted by Gasteiger charge is -2.35. The van der Waals surface area contributed by atoms with E-state index in [2.05, 4.69) is 6.07 Å². The number of carbonyl (C=O) groups is 1. The Bertz CT molecular complexity index is 885. The molecule has 1 saturated heterocycles. The third-order valence-electron chi connectivity index (χ3n) is 6.01. The van der Waals surface area contributed by atoms with Crippen molar-refractivity contribution in [2.45, 2.75) is 54.9 Å². The van der Waals surface area contributed by atoms with Gasteiger partial charge in [-0.3, -0.25) is 4.79 Å². The zero-order valence-corrected chi connectivity index (χ0v) is 17.0. The van der Waals surface area contributed by atoms with Crippen LogP contribution in [0.15, 0.2) is 52.7 Å². The van der Waals surface area contributed by atoms with Gasteiger partial charge in [0.15, 0.2) is 9.84 Å². The Morgan fingerprint density at radius 3 is 2.48 bits per heavy atom. The Labute approximate surface area is 165 Å². The van der Waals surface area contributed by atoms with E-state index < -0.39 is 15.3 Å². The number of rotatable bonds is 5. The Morgan fingerprint density at radius 2 is 1.81 bits per heavy atom. The molecule has 1 aromatic carbocycles. The van der Waals surface area contributed by atoms with Crippen LogP contribution in [0.1, 0.15) is 43.4 Å². The fraction of sp³-hybridized carbons (Fsp3) is 0.476. The molecule has 1 atom stereocenters. The van der Waals surface area contributed by atoms with Gasteiger partial charge in [0, 0.05) is 17.5 Å². The number of benzene rings is 1. The molecule has 4 rings (SSSR count).